The molecular formula is C17H20N4O. The molecule has 1 heterocycles. The Morgan fingerprint density at radius 1 is 1.41 bits per heavy atom. The van der Waals surface area contributed by atoms with Gasteiger partial charge >= 0.3 is 0 Å². The zero-order valence-electron chi connectivity index (χ0n) is 13.4. The number of para-hydroxylation sites is 1. The normalized spacial score (nSPS) is 11.8. The van der Waals surface area contributed by atoms with Gasteiger partial charge in [0.25, 0.3) is 5.91 Å². The summed E-state index contributed by atoms with van der Waals surface area (Å²) in [6.45, 7) is 6.10. The zero-order chi connectivity index (χ0) is 16.3. The van der Waals surface area contributed by atoms with Crippen LogP contribution in [0.2, 0.25) is 0 Å². The van der Waals surface area contributed by atoms with E-state index in [2.05, 4.69) is 11.2 Å². The third kappa shape index (κ3) is 3.01. The molecule has 0 N–H and O–H groups in total. The number of rotatable bonds is 4. The van der Waals surface area contributed by atoms with E-state index in [1.165, 1.54) is 0 Å². The molecule has 0 spiro atoms. The highest BCUT2D eigenvalue weighted by Gasteiger charge is 2.20. The maximum atomic E-state index is 12.5. The molecule has 1 amide bonds. The molecule has 0 aliphatic carbocycles. The van der Waals surface area contributed by atoms with Crippen molar-refractivity contribution in [1.29, 1.82) is 5.26 Å². The second-order valence-corrected chi connectivity index (χ2v) is 5.56. The molecule has 0 saturated heterocycles. The van der Waals surface area contributed by atoms with Crippen LogP contribution in [0.5, 0.6) is 0 Å². The van der Waals surface area contributed by atoms with Crippen molar-refractivity contribution in [1.82, 2.24) is 14.7 Å². The second-order valence-electron chi connectivity index (χ2n) is 5.56. The van der Waals surface area contributed by atoms with E-state index in [9.17, 15) is 4.79 Å². The van der Waals surface area contributed by atoms with Gasteiger partial charge < -0.3 is 4.90 Å². The van der Waals surface area contributed by atoms with Gasteiger partial charge in [0.05, 0.1) is 35.1 Å². The van der Waals surface area contributed by atoms with Gasteiger partial charge in [0.1, 0.15) is 0 Å². The molecule has 0 aliphatic rings. The molecule has 1 aromatic carbocycles. The first-order valence-corrected chi connectivity index (χ1v) is 7.21. The quantitative estimate of drug-likeness (QED) is 0.871. The fourth-order valence-electron chi connectivity index (χ4n) is 2.40. The van der Waals surface area contributed by atoms with E-state index in [1.807, 2.05) is 38.1 Å². The lowest BCUT2D eigenvalue weighted by Gasteiger charge is -2.18. The van der Waals surface area contributed by atoms with E-state index in [-0.39, 0.29) is 11.8 Å². The fraction of sp³-hybridized carbons (Fsp3) is 0.353. The molecule has 5 nitrogen and oxygen atoms in total. The van der Waals surface area contributed by atoms with E-state index in [0.717, 1.165) is 16.9 Å². The number of benzene rings is 1. The molecular weight excluding hydrogens is 276 g/mol. The Labute approximate surface area is 130 Å². The number of aromatic nitrogens is 2. The summed E-state index contributed by atoms with van der Waals surface area (Å²) >= 11 is 0. The summed E-state index contributed by atoms with van der Waals surface area (Å²) in [6.07, 6.45) is 1.59. The third-order valence-electron chi connectivity index (χ3n) is 3.70. The minimum Gasteiger partial charge on any atom is -0.340 e. The van der Waals surface area contributed by atoms with Crippen molar-refractivity contribution >= 4 is 5.91 Å². The highest BCUT2D eigenvalue weighted by atomic mass is 16.2. The molecule has 1 atom stereocenters. The molecule has 1 unspecified atom stereocenters. The lowest BCUT2D eigenvalue weighted by molar-refractivity contribution is 0.0784. The van der Waals surface area contributed by atoms with Gasteiger partial charge in [0.2, 0.25) is 0 Å². The van der Waals surface area contributed by atoms with Crippen LogP contribution in [-0.4, -0.2) is 34.2 Å². The van der Waals surface area contributed by atoms with Crippen LogP contribution in [0.15, 0.2) is 30.5 Å². The molecule has 22 heavy (non-hydrogen) atoms. The Morgan fingerprint density at radius 3 is 2.73 bits per heavy atom. The summed E-state index contributed by atoms with van der Waals surface area (Å²) in [7, 11) is 1.71. The Hall–Kier alpha value is -2.61. The van der Waals surface area contributed by atoms with Crippen LogP contribution < -0.4 is 0 Å². The van der Waals surface area contributed by atoms with Gasteiger partial charge in [0, 0.05) is 13.6 Å². The first-order valence-electron chi connectivity index (χ1n) is 7.21. The van der Waals surface area contributed by atoms with Gasteiger partial charge in [-0.3, -0.25) is 4.79 Å². The minimum atomic E-state index is -0.194. The second kappa shape index (κ2) is 6.44. The number of carbonyl (C=O) groups is 1. The number of amides is 1. The van der Waals surface area contributed by atoms with Crippen LogP contribution in [0.1, 0.15) is 28.5 Å². The van der Waals surface area contributed by atoms with Crippen LogP contribution in [0, 0.1) is 31.1 Å². The van der Waals surface area contributed by atoms with E-state index in [0.29, 0.717) is 12.1 Å². The van der Waals surface area contributed by atoms with Crippen molar-refractivity contribution in [3.63, 3.8) is 0 Å². The largest absolute Gasteiger partial charge is 0.340 e. The molecule has 114 valence electrons. The summed E-state index contributed by atoms with van der Waals surface area (Å²) in [5, 5.41) is 13.2. The molecule has 0 bridgehead atoms. The third-order valence-corrected chi connectivity index (χ3v) is 3.70. The van der Waals surface area contributed by atoms with Gasteiger partial charge in [-0.05, 0) is 32.4 Å². The number of aryl methyl sites for hydroxylation is 1. The predicted molar refractivity (Wildman–Crippen MR) is 84.8 cm³/mol. The number of nitriles is 1. The van der Waals surface area contributed by atoms with E-state index in [4.69, 9.17) is 5.26 Å². The monoisotopic (exact) mass is 296 g/mol. The molecule has 2 rings (SSSR count). The molecule has 0 radical (unpaired) electrons. The SMILES string of the molecule is Cc1ccccc1-n1ncc(C(=O)N(C)CC(C)C#N)c1C. The van der Waals surface area contributed by atoms with Crippen LogP contribution in [0.25, 0.3) is 5.69 Å². The van der Waals surface area contributed by atoms with Gasteiger partial charge in [-0.25, -0.2) is 4.68 Å². The van der Waals surface area contributed by atoms with Crippen molar-refractivity contribution < 1.29 is 4.79 Å². The van der Waals surface area contributed by atoms with Crippen molar-refractivity contribution in [3.05, 3.63) is 47.3 Å². The predicted octanol–water partition coefficient (Wildman–Crippen LogP) is 2.72. The van der Waals surface area contributed by atoms with Crippen molar-refractivity contribution in [2.75, 3.05) is 13.6 Å². The Kier molecular flexibility index (Phi) is 4.62. The smallest absolute Gasteiger partial charge is 0.257 e. The summed E-state index contributed by atoms with van der Waals surface area (Å²) in [5.41, 5.74) is 3.43. The van der Waals surface area contributed by atoms with E-state index >= 15 is 0 Å². The Balaban J connectivity index is 2.30. The first kappa shape index (κ1) is 15.8. The summed E-state index contributed by atoms with van der Waals surface area (Å²) in [4.78, 5) is 14.1. The maximum Gasteiger partial charge on any atom is 0.257 e. The minimum absolute atomic E-state index is 0.112. The first-order chi connectivity index (χ1) is 10.5. The van der Waals surface area contributed by atoms with E-state index in [1.54, 1.807) is 29.7 Å². The van der Waals surface area contributed by atoms with Crippen molar-refractivity contribution in [2.24, 2.45) is 5.92 Å². The number of hydrogen-bond acceptors (Lipinski definition) is 3. The van der Waals surface area contributed by atoms with Gasteiger partial charge in [-0.15, -0.1) is 0 Å². The van der Waals surface area contributed by atoms with Gasteiger partial charge in [0.15, 0.2) is 0 Å². The summed E-state index contributed by atoms with van der Waals surface area (Å²) < 4.78 is 1.78. The number of hydrogen-bond donors (Lipinski definition) is 0. The molecule has 1 aromatic heterocycles. The summed E-state index contributed by atoms with van der Waals surface area (Å²) in [5.74, 6) is -0.305. The highest BCUT2D eigenvalue weighted by molar-refractivity contribution is 5.95. The Morgan fingerprint density at radius 2 is 2.09 bits per heavy atom. The fourth-order valence-corrected chi connectivity index (χ4v) is 2.40. The average Bonchev–Trinajstić information content (AvgIpc) is 2.88. The van der Waals surface area contributed by atoms with Crippen molar-refractivity contribution in [2.45, 2.75) is 20.8 Å². The number of nitrogens with zero attached hydrogens (tertiary/aromatic N) is 4. The van der Waals surface area contributed by atoms with E-state index < -0.39 is 0 Å². The lowest BCUT2D eigenvalue weighted by Crippen LogP contribution is -2.31. The van der Waals surface area contributed by atoms with Crippen LogP contribution >= 0.6 is 0 Å². The van der Waals surface area contributed by atoms with Crippen LogP contribution in [0.3, 0.4) is 0 Å². The van der Waals surface area contributed by atoms with Crippen LogP contribution in [0.4, 0.5) is 0 Å². The molecule has 0 saturated carbocycles. The van der Waals surface area contributed by atoms with Crippen LogP contribution in [-0.2, 0) is 0 Å². The lowest BCUT2D eigenvalue weighted by atomic mass is 10.1. The topological polar surface area (TPSA) is 61.9 Å². The average molecular weight is 296 g/mol. The molecule has 2 aromatic rings. The summed E-state index contributed by atoms with van der Waals surface area (Å²) in [6, 6.07) is 10.1. The van der Waals surface area contributed by atoms with Gasteiger partial charge in [-0.2, -0.15) is 10.4 Å². The molecule has 5 heteroatoms. The standard InChI is InChI=1S/C17H20N4O/c1-12(9-18)11-20(4)17(22)15-10-19-21(14(15)3)16-8-6-5-7-13(16)2/h5-8,10,12H,11H2,1-4H3. The maximum absolute atomic E-state index is 12.5. The Bertz CT molecular complexity index is 727. The van der Waals surface area contributed by atoms with Crippen molar-refractivity contribution in [3.8, 4) is 11.8 Å². The molecule has 0 fully saturated rings. The zero-order valence-corrected chi connectivity index (χ0v) is 13.4. The molecule has 0 aliphatic heterocycles. The number of carbonyl (C=O) groups excluding carboxylic acids is 1. The highest BCUT2D eigenvalue weighted by Crippen LogP contribution is 2.18. The van der Waals surface area contributed by atoms with Gasteiger partial charge in [-0.1, -0.05) is 18.2 Å².